The Morgan fingerprint density at radius 2 is 2.00 bits per heavy atom. The smallest absolute Gasteiger partial charge is 0.136 e. The van der Waals surface area contributed by atoms with Crippen LogP contribution in [0.5, 0.6) is 0 Å². The second kappa shape index (κ2) is 4.37. The summed E-state index contributed by atoms with van der Waals surface area (Å²) in [6.07, 6.45) is 6.73. The Hall–Kier alpha value is -1.16. The number of aromatic nitrogens is 2. The van der Waals surface area contributed by atoms with Gasteiger partial charge in [0.2, 0.25) is 0 Å². The van der Waals surface area contributed by atoms with E-state index < -0.39 is 0 Å². The van der Waals surface area contributed by atoms with Gasteiger partial charge in [-0.2, -0.15) is 0 Å². The molecule has 2 aliphatic rings. The summed E-state index contributed by atoms with van der Waals surface area (Å²) in [6, 6.07) is 0. The lowest BCUT2D eigenvalue weighted by Crippen LogP contribution is -2.34. The summed E-state index contributed by atoms with van der Waals surface area (Å²) in [6.45, 7) is 4.29. The number of fused-ring (bicyclic) bond motifs is 1. The van der Waals surface area contributed by atoms with Crippen LogP contribution in [0.1, 0.15) is 30.5 Å². The van der Waals surface area contributed by atoms with E-state index in [1.165, 1.54) is 36.3 Å². The van der Waals surface area contributed by atoms with Crippen molar-refractivity contribution in [3.05, 3.63) is 17.6 Å². The minimum atomic E-state index is 0.933. The number of piperidine rings is 1. The van der Waals surface area contributed by atoms with Crippen molar-refractivity contribution >= 4 is 5.82 Å². The summed E-state index contributed by atoms with van der Waals surface area (Å²) < 4.78 is 0. The van der Waals surface area contributed by atoms with E-state index in [4.69, 9.17) is 0 Å². The molecule has 3 rings (SSSR count). The molecule has 0 atom stereocenters. The van der Waals surface area contributed by atoms with Crippen LogP contribution in [0.25, 0.3) is 0 Å². The fraction of sp³-hybridized carbons (Fsp3) is 0.667. The summed E-state index contributed by atoms with van der Waals surface area (Å²) in [5.41, 5.74) is 2.57. The zero-order valence-corrected chi connectivity index (χ0v) is 9.58. The van der Waals surface area contributed by atoms with Gasteiger partial charge in [0.05, 0.1) is 5.69 Å². The Labute approximate surface area is 96.1 Å². The maximum Gasteiger partial charge on any atom is 0.136 e. The van der Waals surface area contributed by atoms with Crippen molar-refractivity contribution in [2.75, 3.05) is 24.5 Å². The first-order valence-electron chi connectivity index (χ1n) is 6.23. The van der Waals surface area contributed by atoms with E-state index in [1.54, 1.807) is 6.33 Å². The molecule has 0 unspecified atom stereocenters. The molecular weight excluding hydrogens is 200 g/mol. The summed E-state index contributed by atoms with van der Waals surface area (Å²) in [5, 5.41) is 3.41. The molecule has 1 aromatic rings. The molecule has 0 saturated carbocycles. The van der Waals surface area contributed by atoms with Gasteiger partial charge in [0, 0.05) is 38.2 Å². The molecule has 1 N–H and O–H groups in total. The second-order valence-corrected chi connectivity index (χ2v) is 4.60. The lowest BCUT2D eigenvalue weighted by atomic mass is 10.1. The van der Waals surface area contributed by atoms with Crippen LogP contribution in [0.2, 0.25) is 0 Å². The summed E-state index contributed by atoms with van der Waals surface area (Å²) >= 11 is 0. The Morgan fingerprint density at radius 3 is 2.88 bits per heavy atom. The van der Waals surface area contributed by atoms with Crippen LogP contribution in [0, 0.1) is 0 Å². The third kappa shape index (κ3) is 1.78. The van der Waals surface area contributed by atoms with Gasteiger partial charge in [-0.1, -0.05) is 0 Å². The molecule has 0 aromatic carbocycles. The van der Waals surface area contributed by atoms with Crippen molar-refractivity contribution in [2.24, 2.45) is 0 Å². The first kappa shape index (κ1) is 10.0. The quantitative estimate of drug-likeness (QED) is 0.766. The number of nitrogens with one attached hydrogen (secondary N) is 1. The van der Waals surface area contributed by atoms with Crippen LogP contribution < -0.4 is 10.2 Å². The van der Waals surface area contributed by atoms with Gasteiger partial charge < -0.3 is 10.2 Å². The minimum Gasteiger partial charge on any atom is -0.356 e. The molecule has 0 amide bonds. The van der Waals surface area contributed by atoms with Gasteiger partial charge in [0.25, 0.3) is 0 Å². The summed E-state index contributed by atoms with van der Waals surface area (Å²) in [4.78, 5) is 11.3. The molecule has 1 fully saturated rings. The Kier molecular flexibility index (Phi) is 2.74. The first-order chi connectivity index (χ1) is 7.95. The van der Waals surface area contributed by atoms with Gasteiger partial charge in [-0.3, -0.25) is 0 Å². The molecule has 4 nitrogen and oxygen atoms in total. The third-order valence-electron chi connectivity index (χ3n) is 3.51. The lowest BCUT2D eigenvalue weighted by molar-refractivity contribution is 0.562. The average Bonchev–Trinajstić information content (AvgIpc) is 2.39. The molecule has 0 spiro atoms. The number of anilines is 1. The highest BCUT2D eigenvalue weighted by Crippen LogP contribution is 2.24. The van der Waals surface area contributed by atoms with Crippen LogP contribution in [0.4, 0.5) is 5.82 Å². The van der Waals surface area contributed by atoms with E-state index in [1.807, 2.05) is 0 Å². The van der Waals surface area contributed by atoms with E-state index in [-0.39, 0.29) is 0 Å². The van der Waals surface area contributed by atoms with Crippen molar-refractivity contribution < 1.29 is 0 Å². The molecule has 2 aliphatic heterocycles. The van der Waals surface area contributed by atoms with Crippen LogP contribution in [0.15, 0.2) is 6.33 Å². The second-order valence-electron chi connectivity index (χ2n) is 4.60. The Morgan fingerprint density at radius 1 is 1.12 bits per heavy atom. The first-order valence-corrected chi connectivity index (χ1v) is 6.23. The van der Waals surface area contributed by atoms with Crippen molar-refractivity contribution in [2.45, 2.75) is 32.2 Å². The van der Waals surface area contributed by atoms with Crippen molar-refractivity contribution in [3.63, 3.8) is 0 Å². The normalized spacial score (nSPS) is 20.6. The van der Waals surface area contributed by atoms with Gasteiger partial charge in [-0.15, -0.1) is 0 Å². The average molecular weight is 218 g/mol. The van der Waals surface area contributed by atoms with Gasteiger partial charge in [-0.05, 0) is 19.3 Å². The van der Waals surface area contributed by atoms with Gasteiger partial charge in [0.1, 0.15) is 12.1 Å². The highest BCUT2D eigenvalue weighted by atomic mass is 15.2. The lowest BCUT2D eigenvalue weighted by Gasteiger charge is -2.31. The summed E-state index contributed by atoms with van der Waals surface area (Å²) in [7, 11) is 0. The van der Waals surface area contributed by atoms with Crippen molar-refractivity contribution in [1.29, 1.82) is 0 Å². The predicted octanol–water partition coefficient (Wildman–Crippen LogP) is 1.11. The van der Waals surface area contributed by atoms with Gasteiger partial charge >= 0.3 is 0 Å². The number of hydrogen-bond acceptors (Lipinski definition) is 4. The molecule has 1 saturated heterocycles. The Bertz CT molecular complexity index is 371. The standard InChI is InChI=1S/C12H18N4/c1-2-6-16(7-3-1)12-10-8-13-5-4-11(10)14-9-15-12/h9,13H,1-8H2. The van der Waals surface area contributed by atoms with Gasteiger partial charge in [0.15, 0.2) is 0 Å². The highest BCUT2D eigenvalue weighted by Gasteiger charge is 2.20. The topological polar surface area (TPSA) is 41.1 Å². The predicted molar refractivity (Wildman–Crippen MR) is 63.5 cm³/mol. The molecule has 86 valence electrons. The van der Waals surface area contributed by atoms with Crippen molar-refractivity contribution in [3.8, 4) is 0 Å². The third-order valence-corrected chi connectivity index (χ3v) is 3.51. The van der Waals surface area contributed by atoms with E-state index in [0.717, 1.165) is 32.6 Å². The monoisotopic (exact) mass is 218 g/mol. The Balaban J connectivity index is 1.93. The van der Waals surface area contributed by atoms with Crippen molar-refractivity contribution in [1.82, 2.24) is 15.3 Å². The fourth-order valence-corrected chi connectivity index (χ4v) is 2.63. The number of nitrogens with zero attached hydrogens (tertiary/aromatic N) is 3. The van der Waals surface area contributed by atoms with Crippen LogP contribution in [-0.2, 0) is 13.0 Å². The zero-order chi connectivity index (χ0) is 10.8. The van der Waals surface area contributed by atoms with E-state index in [9.17, 15) is 0 Å². The highest BCUT2D eigenvalue weighted by molar-refractivity contribution is 5.49. The number of rotatable bonds is 1. The van der Waals surface area contributed by atoms with E-state index in [2.05, 4.69) is 20.2 Å². The zero-order valence-electron chi connectivity index (χ0n) is 9.58. The largest absolute Gasteiger partial charge is 0.356 e. The molecule has 16 heavy (non-hydrogen) atoms. The molecule has 0 radical (unpaired) electrons. The SMILES string of the molecule is c1nc2c(c(N3CCCCC3)n1)CNCC2. The molecule has 0 aliphatic carbocycles. The fourth-order valence-electron chi connectivity index (χ4n) is 2.63. The van der Waals surface area contributed by atoms with Crippen LogP contribution in [-0.4, -0.2) is 29.6 Å². The molecule has 3 heterocycles. The molecule has 1 aromatic heterocycles. The van der Waals surface area contributed by atoms with Crippen LogP contribution >= 0.6 is 0 Å². The maximum atomic E-state index is 4.49. The van der Waals surface area contributed by atoms with E-state index >= 15 is 0 Å². The molecule has 4 heteroatoms. The molecule has 0 bridgehead atoms. The van der Waals surface area contributed by atoms with Gasteiger partial charge in [-0.25, -0.2) is 9.97 Å². The van der Waals surface area contributed by atoms with E-state index in [0.29, 0.717) is 0 Å². The maximum absolute atomic E-state index is 4.49. The minimum absolute atomic E-state index is 0.933. The number of hydrogen-bond donors (Lipinski definition) is 1. The van der Waals surface area contributed by atoms with Crippen LogP contribution in [0.3, 0.4) is 0 Å². The summed E-state index contributed by atoms with van der Waals surface area (Å²) in [5.74, 6) is 1.18. The molecular formula is C12H18N4.